The smallest absolute Gasteiger partial charge is 0.219 e. The van der Waals surface area contributed by atoms with Crippen molar-refractivity contribution < 1.29 is 4.42 Å². The molecule has 7 heteroatoms. The molecule has 0 radical (unpaired) electrons. The topological polar surface area (TPSA) is 62.4 Å². The Labute approximate surface area is 145 Å². The fraction of sp³-hybridized carbons (Fsp3) is 0.235. The highest BCUT2D eigenvalue weighted by Gasteiger charge is 2.10. The summed E-state index contributed by atoms with van der Waals surface area (Å²) in [7, 11) is 0. The van der Waals surface area contributed by atoms with Crippen LogP contribution in [0.5, 0.6) is 0 Å². The van der Waals surface area contributed by atoms with Gasteiger partial charge in [0.25, 0.3) is 0 Å². The van der Waals surface area contributed by atoms with Crippen molar-refractivity contribution in [2.24, 2.45) is 5.10 Å². The number of hydrogen-bond donors (Lipinski definition) is 1. The van der Waals surface area contributed by atoms with E-state index in [-0.39, 0.29) is 0 Å². The second-order valence-electron chi connectivity index (χ2n) is 5.15. The number of hydrogen-bond acceptors (Lipinski definition) is 5. The summed E-state index contributed by atoms with van der Waals surface area (Å²) >= 11 is 5.23. The molecule has 1 aromatic carbocycles. The van der Waals surface area contributed by atoms with Crippen LogP contribution in [0.4, 0.5) is 5.69 Å². The number of aromatic nitrogens is 3. The van der Waals surface area contributed by atoms with E-state index in [4.69, 9.17) is 16.6 Å². The maximum atomic E-state index is 5.36. The van der Waals surface area contributed by atoms with Crippen molar-refractivity contribution in [3.63, 3.8) is 0 Å². The number of benzene rings is 1. The van der Waals surface area contributed by atoms with Crippen molar-refractivity contribution in [2.75, 3.05) is 18.0 Å². The molecule has 24 heavy (non-hydrogen) atoms. The van der Waals surface area contributed by atoms with E-state index < -0.39 is 0 Å². The van der Waals surface area contributed by atoms with Crippen LogP contribution in [0.1, 0.15) is 19.4 Å². The molecule has 3 rings (SSSR count). The Hall–Kier alpha value is -2.67. The van der Waals surface area contributed by atoms with Crippen LogP contribution in [0.2, 0.25) is 0 Å². The zero-order valence-corrected chi connectivity index (χ0v) is 14.5. The fourth-order valence-electron chi connectivity index (χ4n) is 2.45. The van der Waals surface area contributed by atoms with E-state index >= 15 is 0 Å². The van der Waals surface area contributed by atoms with Gasteiger partial charge in [0.15, 0.2) is 5.76 Å². The van der Waals surface area contributed by atoms with Gasteiger partial charge in [-0.1, -0.05) is 12.1 Å². The summed E-state index contributed by atoms with van der Waals surface area (Å²) < 4.78 is 7.33. The molecule has 0 saturated heterocycles. The highest BCUT2D eigenvalue weighted by Crippen LogP contribution is 2.18. The standard InChI is InChI=1S/C17H19N5OS/c1-3-21(4-2)14-9-7-13(8-10-14)12-18-22-16(19-20-17(22)24)15-6-5-11-23-15/h5-12H,3-4H2,1-2H3,(H,20,24). The van der Waals surface area contributed by atoms with Crippen LogP contribution in [-0.4, -0.2) is 34.2 Å². The second-order valence-corrected chi connectivity index (χ2v) is 5.54. The quantitative estimate of drug-likeness (QED) is 0.545. The minimum Gasteiger partial charge on any atom is -0.461 e. The van der Waals surface area contributed by atoms with E-state index in [1.165, 1.54) is 5.69 Å². The van der Waals surface area contributed by atoms with Crippen LogP contribution in [0.15, 0.2) is 52.2 Å². The van der Waals surface area contributed by atoms with E-state index in [1.54, 1.807) is 23.2 Å². The molecular weight excluding hydrogens is 322 g/mol. The largest absolute Gasteiger partial charge is 0.461 e. The van der Waals surface area contributed by atoms with E-state index in [9.17, 15) is 0 Å². The van der Waals surface area contributed by atoms with Crippen molar-refractivity contribution in [3.05, 3.63) is 53.0 Å². The first-order valence-corrected chi connectivity index (χ1v) is 8.24. The van der Waals surface area contributed by atoms with Gasteiger partial charge in [0.05, 0.1) is 12.5 Å². The fourth-order valence-corrected chi connectivity index (χ4v) is 2.63. The van der Waals surface area contributed by atoms with Crippen LogP contribution < -0.4 is 4.90 Å². The Morgan fingerprint density at radius 3 is 2.62 bits per heavy atom. The van der Waals surface area contributed by atoms with Gasteiger partial charge in [0.2, 0.25) is 10.6 Å². The molecular formula is C17H19N5OS. The SMILES string of the molecule is CCN(CC)c1ccc(C=Nn2c(-c3ccco3)n[nH]c2=S)cc1. The van der Waals surface area contributed by atoms with Gasteiger partial charge in [-0.15, -0.1) is 5.10 Å². The van der Waals surface area contributed by atoms with Crippen molar-refractivity contribution >= 4 is 24.1 Å². The molecule has 0 saturated carbocycles. The van der Waals surface area contributed by atoms with Gasteiger partial charge in [-0.2, -0.15) is 9.78 Å². The summed E-state index contributed by atoms with van der Waals surface area (Å²) in [5, 5.41) is 11.3. The molecule has 0 amide bonds. The highest BCUT2D eigenvalue weighted by atomic mass is 32.1. The van der Waals surface area contributed by atoms with Crippen molar-refractivity contribution in [1.29, 1.82) is 0 Å². The van der Waals surface area contributed by atoms with E-state index in [2.05, 4.69) is 46.2 Å². The number of furan rings is 1. The van der Waals surface area contributed by atoms with Gasteiger partial charge in [0.1, 0.15) is 0 Å². The van der Waals surface area contributed by atoms with Crippen molar-refractivity contribution in [1.82, 2.24) is 14.9 Å². The molecule has 0 fully saturated rings. The predicted octanol–water partition coefficient (Wildman–Crippen LogP) is 3.93. The lowest BCUT2D eigenvalue weighted by atomic mass is 10.2. The molecule has 0 atom stereocenters. The Morgan fingerprint density at radius 2 is 2.00 bits per heavy atom. The van der Waals surface area contributed by atoms with Gasteiger partial charge >= 0.3 is 0 Å². The summed E-state index contributed by atoms with van der Waals surface area (Å²) in [5.41, 5.74) is 2.19. The zero-order valence-electron chi connectivity index (χ0n) is 13.6. The summed E-state index contributed by atoms with van der Waals surface area (Å²) in [6.07, 6.45) is 3.34. The first-order valence-electron chi connectivity index (χ1n) is 7.83. The molecule has 0 aliphatic carbocycles. The third-order valence-corrected chi connectivity index (χ3v) is 4.00. The molecule has 6 nitrogen and oxygen atoms in total. The number of rotatable bonds is 6. The first kappa shape index (κ1) is 16.2. The zero-order chi connectivity index (χ0) is 16.9. The molecule has 124 valence electrons. The van der Waals surface area contributed by atoms with Crippen molar-refractivity contribution in [3.8, 4) is 11.6 Å². The predicted molar refractivity (Wildman–Crippen MR) is 98.1 cm³/mol. The highest BCUT2D eigenvalue weighted by molar-refractivity contribution is 7.71. The number of nitrogens with one attached hydrogen (secondary N) is 1. The Bertz CT molecular complexity index is 857. The van der Waals surface area contributed by atoms with Crippen LogP contribution in [-0.2, 0) is 0 Å². The minimum absolute atomic E-state index is 0.414. The third-order valence-electron chi connectivity index (χ3n) is 3.74. The lowest BCUT2D eigenvalue weighted by Crippen LogP contribution is -2.21. The number of aromatic amines is 1. The molecule has 3 aromatic rings. The van der Waals surface area contributed by atoms with Crippen LogP contribution >= 0.6 is 12.2 Å². The Balaban J connectivity index is 1.84. The normalized spacial score (nSPS) is 11.2. The van der Waals surface area contributed by atoms with Gasteiger partial charge in [-0.3, -0.25) is 0 Å². The lowest BCUT2D eigenvalue weighted by Gasteiger charge is -2.20. The van der Waals surface area contributed by atoms with E-state index in [0.29, 0.717) is 16.4 Å². The maximum Gasteiger partial charge on any atom is 0.219 e. The molecule has 0 bridgehead atoms. The average molecular weight is 341 g/mol. The number of H-pyrrole nitrogens is 1. The molecule has 0 aliphatic heterocycles. The summed E-state index contributed by atoms with van der Waals surface area (Å²) in [4.78, 5) is 2.29. The molecule has 2 heterocycles. The third kappa shape index (κ3) is 3.30. The van der Waals surface area contributed by atoms with E-state index in [0.717, 1.165) is 18.7 Å². The maximum absolute atomic E-state index is 5.36. The summed E-state index contributed by atoms with van der Waals surface area (Å²) in [6, 6.07) is 11.9. The molecule has 0 unspecified atom stereocenters. The monoisotopic (exact) mass is 341 g/mol. The van der Waals surface area contributed by atoms with Gasteiger partial charge in [-0.05, 0) is 55.9 Å². The molecule has 0 aliphatic rings. The van der Waals surface area contributed by atoms with Gasteiger partial charge in [0, 0.05) is 18.8 Å². The van der Waals surface area contributed by atoms with Gasteiger partial charge < -0.3 is 9.32 Å². The summed E-state index contributed by atoms with van der Waals surface area (Å²) in [6.45, 7) is 6.27. The second kappa shape index (κ2) is 7.27. The molecule has 0 spiro atoms. The Kier molecular flexibility index (Phi) is 4.90. The molecule has 1 N–H and O–H groups in total. The van der Waals surface area contributed by atoms with E-state index in [1.807, 2.05) is 18.2 Å². The van der Waals surface area contributed by atoms with Crippen LogP contribution in [0, 0.1) is 4.77 Å². The minimum atomic E-state index is 0.414. The van der Waals surface area contributed by atoms with Gasteiger partial charge in [-0.25, -0.2) is 5.10 Å². The number of nitrogens with zero attached hydrogens (tertiary/aromatic N) is 4. The van der Waals surface area contributed by atoms with Crippen LogP contribution in [0.25, 0.3) is 11.6 Å². The van der Waals surface area contributed by atoms with Crippen LogP contribution in [0.3, 0.4) is 0 Å². The lowest BCUT2D eigenvalue weighted by molar-refractivity contribution is 0.573. The summed E-state index contributed by atoms with van der Waals surface area (Å²) in [5.74, 6) is 1.15. The number of anilines is 1. The van der Waals surface area contributed by atoms with Crippen molar-refractivity contribution in [2.45, 2.75) is 13.8 Å². The Morgan fingerprint density at radius 1 is 1.25 bits per heavy atom. The average Bonchev–Trinajstić information content (AvgIpc) is 3.25. The first-order chi connectivity index (χ1) is 11.7. The molecule has 2 aromatic heterocycles.